The lowest BCUT2D eigenvalue weighted by molar-refractivity contribution is -0.120. The van der Waals surface area contributed by atoms with Gasteiger partial charge in [-0.05, 0) is 6.42 Å². The van der Waals surface area contributed by atoms with E-state index in [0.29, 0.717) is 0 Å². The van der Waals surface area contributed by atoms with Gasteiger partial charge in [-0.15, -0.1) is 0 Å². The van der Waals surface area contributed by atoms with Gasteiger partial charge >= 0.3 is 0 Å². The number of rotatable bonds is 16. The van der Waals surface area contributed by atoms with Crippen LogP contribution in [0.4, 0.5) is 0 Å². The minimum atomic E-state index is -0.141. The summed E-state index contributed by atoms with van der Waals surface area (Å²) in [6.45, 7) is 2.99. The Labute approximate surface area is 137 Å². The molecule has 0 heterocycles. The Morgan fingerprint density at radius 3 is 1.59 bits per heavy atom. The maximum Gasteiger partial charge on any atom is 0.234 e. The van der Waals surface area contributed by atoms with Crippen molar-refractivity contribution in [2.45, 2.75) is 103 Å². The molecule has 0 rings (SSSR count). The van der Waals surface area contributed by atoms with Crippen molar-refractivity contribution in [3.05, 3.63) is 0 Å². The first-order valence-corrected chi connectivity index (χ1v) is 9.45. The zero-order valence-corrected chi connectivity index (χ0v) is 14.7. The summed E-state index contributed by atoms with van der Waals surface area (Å²) in [4.78, 5) is 11.0. The van der Waals surface area contributed by atoms with Crippen LogP contribution >= 0.6 is 0 Å². The smallest absolute Gasteiger partial charge is 0.234 e. The molecule has 128 valence electrons. The van der Waals surface area contributed by atoms with Gasteiger partial charge in [0, 0.05) is 6.54 Å². The molecule has 0 aromatic heterocycles. The number of carbonyl (C=O) groups is 1. The van der Waals surface area contributed by atoms with Gasteiger partial charge in [0.2, 0.25) is 5.91 Å². The summed E-state index contributed by atoms with van der Waals surface area (Å²) in [6, 6.07) is 1.86. The van der Waals surface area contributed by atoms with Crippen molar-refractivity contribution in [1.29, 1.82) is 5.26 Å². The van der Waals surface area contributed by atoms with Crippen LogP contribution in [0.3, 0.4) is 0 Å². The van der Waals surface area contributed by atoms with E-state index >= 15 is 0 Å². The first kappa shape index (κ1) is 21.0. The van der Waals surface area contributed by atoms with Gasteiger partial charge in [0.05, 0.1) is 6.07 Å². The number of unbranched alkanes of at least 4 members (excludes halogenated alkanes) is 13. The highest BCUT2D eigenvalue weighted by Crippen LogP contribution is 2.12. The third-order valence-corrected chi connectivity index (χ3v) is 4.09. The van der Waals surface area contributed by atoms with Gasteiger partial charge in [0.25, 0.3) is 0 Å². The fraction of sp³-hybridized carbons (Fsp3) is 0.895. The summed E-state index contributed by atoms with van der Waals surface area (Å²) in [5, 5.41) is 11.1. The molecule has 0 aliphatic heterocycles. The molecule has 0 aliphatic carbocycles. The van der Waals surface area contributed by atoms with E-state index in [1.807, 2.05) is 6.07 Å². The Hall–Kier alpha value is -1.04. The number of carbonyl (C=O) groups excluding carboxylic acids is 1. The molecule has 0 radical (unpaired) electrons. The van der Waals surface area contributed by atoms with Crippen LogP contribution in [0.2, 0.25) is 0 Å². The highest BCUT2D eigenvalue weighted by Gasteiger charge is 1.98. The predicted octanol–water partition coefficient (Wildman–Crippen LogP) is 5.50. The Morgan fingerprint density at radius 1 is 0.773 bits per heavy atom. The van der Waals surface area contributed by atoms with Crippen molar-refractivity contribution in [3.63, 3.8) is 0 Å². The molecule has 3 nitrogen and oxygen atoms in total. The van der Waals surface area contributed by atoms with Crippen molar-refractivity contribution in [1.82, 2.24) is 5.32 Å². The lowest BCUT2D eigenvalue weighted by atomic mass is 10.0. The van der Waals surface area contributed by atoms with Gasteiger partial charge in [0.15, 0.2) is 0 Å². The molecule has 0 aromatic carbocycles. The molecular weight excluding hydrogens is 272 g/mol. The molecule has 22 heavy (non-hydrogen) atoms. The zero-order valence-electron chi connectivity index (χ0n) is 14.7. The molecule has 1 amide bonds. The Balaban J connectivity index is 3.03. The van der Waals surface area contributed by atoms with Gasteiger partial charge < -0.3 is 5.32 Å². The minimum absolute atomic E-state index is 0.0153. The lowest BCUT2D eigenvalue weighted by Gasteiger charge is -2.04. The van der Waals surface area contributed by atoms with Crippen molar-refractivity contribution in [3.8, 4) is 6.07 Å². The fourth-order valence-electron chi connectivity index (χ4n) is 2.68. The van der Waals surface area contributed by atoms with E-state index in [9.17, 15) is 4.79 Å². The summed E-state index contributed by atoms with van der Waals surface area (Å²) in [5.41, 5.74) is 0. The predicted molar refractivity (Wildman–Crippen MR) is 93.6 cm³/mol. The molecule has 0 saturated heterocycles. The lowest BCUT2D eigenvalue weighted by Crippen LogP contribution is -2.23. The molecule has 1 N–H and O–H groups in total. The molecule has 0 aliphatic rings. The molecule has 0 atom stereocenters. The van der Waals surface area contributed by atoms with Crippen molar-refractivity contribution in [2.24, 2.45) is 0 Å². The van der Waals surface area contributed by atoms with E-state index in [1.54, 1.807) is 0 Å². The second kappa shape index (κ2) is 18.0. The van der Waals surface area contributed by atoms with Gasteiger partial charge in [0.1, 0.15) is 6.42 Å². The van der Waals surface area contributed by atoms with Crippen LogP contribution in [0, 0.1) is 11.3 Å². The monoisotopic (exact) mass is 308 g/mol. The van der Waals surface area contributed by atoms with Crippen molar-refractivity contribution >= 4 is 5.91 Å². The largest absolute Gasteiger partial charge is 0.355 e. The minimum Gasteiger partial charge on any atom is -0.355 e. The molecular formula is C19H36N2O. The summed E-state index contributed by atoms with van der Waals surface area (Å²) in [5.74, 6) is -0.141. The third-order valence-electron chi connectivity index (χ3n) is 4.09. The van der Waals surface area contributed by atoms with E-state index in [-0.39, 0.29) is 12.3 Å². The maximum absolute atomic E-state index is 11.0. The summed E-state index contributed by atoms with van der Waals surface area (Å²) in [7, 11) is 0. The first-order valence-electron chi connectivity index (χ1n) is 9.45. The van der Waals surface area contributed by atoms with Gasteiger partial charge in [-0.1, -0.05) is 90.4 Å². The molecule has 0 bridgehead atoms. The molecule has 0 unspecified atom stereocenters. The number of nitrogens with one attached hydrogen (secondary N) is 1. The summed E-state index contributed by atoms with van der Waals surface area (Å²) >= 11 is 0. The van der Waals surface area contributed by atoms with Crippen molar-refractivity contribution in [2.75, 3.05) is 6.54 Å². The number of hydrogen-bond acceptors (Lipinski definition) is 2. The van der Waals surface area contributed by atoms with Crippen LogP contribution in [0.25, 0.3) is 0 Å². The standard InChI is InChI=1S/C19H36N2O/c1-2-3-4-5-6-7-8-9-10-11-12-13-14-15-18-21-19(22)16-17-20/h2-16,18H2,1H3,(H,21,22). The van der Waals surface area contributed by atoms with Crippen LogP contribution < -0.4 is 5.32 Å². The normalized spacial score (nSPS) is 10.4. The molecule has 0 saturated carbocycles. The highest BCUT2D eigenvalue weighted by molar-refractivity contribution is 5.77. The van der Waals surface area contributed by atoms with Gasteiger partial charge in [-0.25, -0.2) is 0 Å². The molecule has 0 fully saturated rings. The average Bonchev–Trinajstić information content (AvgIpc) is 2.51. The summed E-state index contributed by atoms with van der Waals surface area (Å²) < 4.78 is 0. The van der Waals surface area contributed by atoms with E-state index in [4.69, 9.17) is 5.26 Å². The zero-order chi connectivity index (χ0) is 16.3. The number of nitriles is 1. The van der Waals surface area contributed by atoms with E-state index in [2.05, 4.69) is 12.2 Å². The third kappa shape index (κ3) is 17.0. The number of hydrogen-bond donors (Lipinski definition) is 1. The molecule has 3 heteroatoms. The number of nitrogens with zero attached hydrogens (tertiary/aromatic N) is 1. The topological polar surface area (TPSA) is 52.9 Å². The van der Waals surface area contributed by atoms with Crippen LogP contribution in [0.1, 0.15) is 103 Å². The maximum atomic E-state index is 11.0. The van der Waals surface area contributed by atoms with E-state index < -0.39 is 0 Å². The van der Waals surface area contributed by atoms with Crippen molar-refractivity contribution < 1.29 is 4.79 Å². The first-order chi connectivity index (χ1) is 10.8. The SMILES string of the molecule is CCCCCCCCCCCCCCCCNC(=O)CC#N. The average molecular weight is 309 g/mol. The fourth-order valence-corrected chi connectivity index (χ4v) is 2.68. The Kier molecular flexibility index (Phi) is 17.2. The number of amides is 1. The van der Waals surface area contributed by atoms with Crippen LogP contribution in [-0.4, -0.2) is 12.5 Å². The van der Waals surface area contributed by atoms with E-state index in [1.165, 1.54) is 83.5 Å². The Morgan fingerprint density at radius 2 is 1.18 bits per heavy atom. The van der Waals surface area contributed by atoms with Crippen LogP contribution in [0.5, 0.6) is 0 Å². The quantitative estimate of drug-likeness (QED) is 0.383. The van der Waals surface area contributed by atoms with Gasteiger partial charge in [-0.2, -0.15) is 5.26 Å². The molecule has 0 aromatic rings. The van der Waals surface area contributed by atoms with E-state index in [0.717, 1.165) is 13.0 Å². The van der Waals surface area contributed by atoms with Crippen LogP contribution in [-0.2, 0) is 4.79 Å². The van der Waals surface area contributed by atoms with Gasteiger partial charge in [-0.3, -0.25) is 4.79 Å². The highest BCUT2D eigenvalue weighted by atomic mass is 16.1. The second-order valence-corrected chi connectivity index (χ2v) is 6.28. The summed E-state index contributed by atoms with van der Waals surface area (Å²) in [6.07, 6.45) is 18.8. The Bertz CT molecular complexity index is 284. The second-order valence-electron chi connectivity index (χ2n) is 6.28. The molecule has 0 spiro atoms. The van der Waals surface area contributed by atoms with Crippen LogP contribution in [0.15, 0.2) is 0 Å².